The molecule has 0 bridgehead atoms. The molecule has 3 aromatic rings. The molecule has 0 saturated carbocycles. The van der Waals surface area contributed by atoms with Gasteiger partial charge in [0.25, 0.3) is 0 Å². The third kappa shape index (κ3) is 3.67. The van der Waals surface area contributed by atoms with Gasteiger partial charge in [-0.2, -0.15) is 0 Å². The van der Waals surface area contributed by atoms with Gasteiger partial charge in [0.2, 0.25) is 5.91 Å². The van der Waals surface area contributed by atoms with Crippen molar-refractivity contribution in [3.8, 4) is 0 Å². The Bertz CT molecular complexity index is 986. The van der Waals surface area contributed by atoms with Crippen LogP contribution in [0, 0.1) is 0 Å². The van der Waals surface area contributed by atoms with Crippen LogP contribution in [0.4, 0.5) is 11.4 Å². The van der Waals surface area contributed by atoms with Crippen LogP contribution in [0.15, 0.2) is 53.3 Å². The van der Waals surface area contributed by atoms with Crippen molar-refractivity contribution in [3.05, 3.63) is 59.0 Å². The molecule has 3 N–H and O–H groups in total. The van der Waals surface area contributed by atoms with Gasteiger partial charge in [-0.05, 0) is 37.3 Å². The lowest BCUT2D eigenvalue weighted by Gasteiger charge is -2.37. The Balaban J connectivity index is 1.37. The van der Waals surface area contributed by atoms with Crippen LogP contribution in [0.5, 0.6) is 0 Å². The van der Waals surface area contributed by atoms with Gasteiger partial charge in [-0.15, -0.1) is 0 Å². The molecule has 7 heteroatoms. The average Bonchev–Trinajstić information content (AvgIpc) is 3.07. The summed E-state index contributed by atoms with van der Waals surface area (Å²) >= 11 is 0. The fraction of sp³-hybridized carbons (Fsp3) is 0.300. The molecule has 1 fully saturated rings. The SMILES string of the molecule is C[C@H](Nc1ccc2[nH]c(=O)[nH]c2c1)C(=O)N1CCN(c2ccccc2)CC1. The fourth-order valence-corrected chi connectivity index (χ4v) is 3.53. The number of hydrogen-bond acceptors (Lipinski definition) is 4. The molecule has 140 valence electrons. The lowest BCUT2D eigenvalue weighted by Crippen LogP contribution is -2.52. The number of nitrogens with zero attached hydrogens (tertiary/aromatic N) is 2. The topological polar surface area (TPSA) is 84.2 Å². The number of rotatable bonds is 4. The van der Waals surface area contributed by atoms with E-state index in [0.717, 1.165) is 29.8 Å². The quantitative estimate of drug-likeness (QED) is 0.660. The number of H-pyrrole nitrogens is 2. The van der Waals surface area contributed by atoms with E-state index in [4.69, 9.17) is 0 Å². The van der Waals surface area contributed by atoms with Crippen LogP contribution >= 0.6 is 0 Å². The third-order valence-electron chi connectivity index (χ3n) is 4.98. The molecule has 1 aliphatic rings. The Morgan fingerprint density at radius 2 is 1.70 bits per heavy atom. The van der Waals surface area contributed by atoms with Crippen LogP contribution in [0.1, 0.15) is 6.92 Å². The first-order valence-corrected chi connectivity index (χ1v) is 9.17. The monoisotopic (exact) mass is 365 g/mol. The van der Waals surface area contributed by atoms with Crippen LogP contribution < -0.4 is 15.9 Å². The zero-order chi connectivity index (χ0) is 18.8. The van der Waals surface area contributed by atoms with E-state index in [1.807, 2.05) is 48.2 Å². The molecular formula is C20H23N5O2. The number of benzene rings is 2. The van der Waals surface area contributed by atoms with Crippen molar-refractivity contribution in [2.45, 2.75) is 13.0 Å². The van der Waals surface area contributed by atoms with Crippen LogP contribution in [0.25, 0.3) is 11.0 Å². The highest BCUT2D eigenvalue weighted by atomic mass is 16.2. The highest BCUT2D eigenvalue weighted by Gasteiger charge is 2.25. The van der Waals surface area contributed by atoms with Gasteiger partial charge in [-0.25, -0.2) is 4.79 Å². The molecule has 2 heterocycles. The first kappa shape index (κ1) is 17.2. The minimum absolute atomic E-state index is 0.0883. The number of aromatic nitrogens is 2. The molecule has 2 aromatic carbocycles. The maximum Gasteiger partial charge on any atom is 0.323 e. The summed E-state index contributed by atoms with van der Waals surface area (Å²) in [5.74, 6) is 0.0883. The molecule has 1 saturated heterocycles. The third-order valence-corrected chi connectivity index (χ3v) is 4.98. The summed E-state index contributed by atoms with van der Waals surface area (Å²) in [6, 6.07) is 15.5. The Kier molecular flexibility index (Phi) is 4.58. The molecule has 7 nitrogen and oxygen atoms in total. The number of carbonyl (C=O) groups excluding carboxylic acids is 1. The van der Waals surface area contributed by atoms with Crippen LogP contribution in [-0.4, -0.2) is 53.0 Å². The van der Waals surface area contributed by atoms with E-state index in [1.54, 1.807) is 0 Å². The van der Waals surface area contributed by atoms with E-state index in [-0.39, 0.29) is 17.6 Å². The first-order chi connectivity index (χ1) is 13.1. The molecule has 27 heavy (non-hydrogen) atoms. The van der Waals surface area contributed by atoms with E-state index < -0.39 is 0 Å². The second kappa shape index (κ2) is 7.19. The van der Waals surface area contributed by atoms with Gasteiger partial charge in [0.1, 0.15) is 6.04 Å². The van der Waals surface area contributed by atoms with Crippen molar-refractivity contribution < 1.29 is 4.79 Å². The first-order valence-electron chi connectivity index (χ1n) is 9.17. The van der Waals surface area contributed by atoms with Crippen LogP contribution in [0.2, 0.25) is 0 Å². The molecule has 1 aliphatic heterocycles. The summed E-state index contributed by atoms with van der Waals surface area (Å²) in [4.78, 5) is 33.8. The second-order valence-electron chi connectivity index (χ2n) is 6.85. The van der Waals surface area contributed by atoms with E-state index >= 15 is 0 Å². The summed E-state index contributed by atoms with van der Waals surface area (Å²) in [7, 11) is 0. The Hall–Kier alpha value is -3.22. The van der Waals surface area contributed by atoms with Gasteiger partial charge in [0.05, 0.1) is 11.0 Å². The predicted octanol–water partition coefficient (Wildman–Crippen LogP) is 2.01. The predicted molar refractivity (Wildman–Crippen MR) is 107 cm³/mol. The summed E-state index contributed by atoms with van der Waals surface area (Å²) in [5.41, 5.74) is 3.25. The molecule has 0 aliphatic carbocycles. The number of aromatic amines is 2. The number of nitrogens with one attached hydrogen (secondary N) is 3. The minimum Gasteiger partial charge on any atom is -0.374 e. The van der Waals surface area contributed by atoms with E-state index in [2.05, 4.69) is 32.3 Å². The van der Waals surface area contributed by atoms with Gasteiger partial charge in [-0.1, -0.05) is 18.2 Å². The molecule has 1 amide bonds. The lowest BCUT2D eigenvalue weighted by atomic mass is 10.2. The van der Waals surface area contributed by atoms with Crippen molar-refractivity contribution >= 4 is 28.3 Å². The van der Waals surface area contributed by atoms with Gasteiger partial charge >= 0.3 is 5.69 Å². The van der Waals surface area contributed by atoms with E-state index in [9.17, 15) is 9.59 Å². The smallest absolute Gasteiger partial charge is 0.323 e. The number of para-hydroxylation sites is 1. The zero-order valence-corrected chi connectivity index (χ0v) is 15.2. The Morgan fingerprint density at radius 1 is 1.00 bits per heavy atom. The summed E-state index contributed by atoms with van der Waals surface area (Å²) in [6.45, 7) is 4.96. The Morgan fingerprint density at radius 3 is 2.44 bits per heavy atom. The summed E-state index contributed by atoms with van der Waals surface area (Å²) in [6.07, 6.45) is 0. The largest absolute Gasteiger partial charge is 0.374 e. The van der Waals surface area contributed by atoms with Crippen LogP contribution in [0.3, 0.4) is 0 Å². The molecule has 0 radical (unpaired) electrons. The highest BCUT2D eigenvalue weighted by Crippen LogP contribution is 2.18. The zero-order valence-electron chi connectivity index (χ0n) is 15.2. The molecule has 1 aromatic heterocycles. The van der Waals surface area contributed by atoms with Crippen molar-refractivity contribution in [3.63, 3.8) is 0 Å². The number of imidazole rings is 1. The maximum atomic E-state index is 12.8. The molecule has 0 unspecified atom stereocenters. The van der Waals surface area contributed by atoms with Crippen molar-refractivity contribution in [1.82, 2.24) is 14.9 Å². The number of hydrogen-bond donors (Lipinski definition) is 3. The van der Waals surface area contributed by atoms with Gasteiger partial charge < -0.3 is 25.1 Å². The van der Waals surface area contributed by atoms with Gasteiger partial charge in [-0.3, -0.25) is 4.79 Å². The lowest BCUT2D eigenvalue weighted by molar-refractivity contribution is -0.131. The van der Waals surface area contributed by atoms with Gasteiger partial charge in [0.15, 0.2) is 0 Å². The molecule has 1 atom stereocenters. The van der Waals surface area contributed by atoms with E-state index in [1.165, 1.54) is 5.69 Å². The van der Waals surface area contributed by atoms with Crippen LogP contribution in [-0.2, 0) is 4.79 Å². The number of fused-ring (bicyclic) bond motifs is 1. The molecule has 0 spiro atoms. The Labute approximate surface area is 157 Å². The van der Waals surface area contributed by atoms with Crippen molar-refractivity contribution in [1.29, 1.82) is 0 Å². The molecular weight excluding hydrogens is 342 g/mol. The highest BCUT2D eigenvalue weighted by molar-refractivity contribution is 5.86. The maximum absolute atomic E-state index is 12.8. The molecule has 4 rings (SSSR count). The number of amides is 1. The van der Waals surface area contributed by atoms with E-state index in [0.29, 0.717) is 13.1 Å². The number of carbonyl (C=O) groups is 1. The summed E-state index contributed by atoms with van der Waals surface area (Å²) in [5, 5.41) is 3.24. The average molecular weight is 365 g/mol. The standard InChI is InChI=1S/C20H23N5O2/c1-14(21-15-7-8-17-18(13-15)23-20(27)22-17)19(26)25-11-9-24(10-12-25)16-5-3-2-4-6-16/h2-8,13-14,21H,9-12H2,1H3,(H2,22,23,27)/t14-/m0/s1. The normalized spacial score (nSPS) is 15.7. The number of anilines is 2. The minimum atomic E-state index is -0.337. The second-order valence-corrected chi connectivity index (χ2v) is 6.85. The van der Waals surface area contributed by atoms with Crippen molar-refractivity contribution in [2.24, 2.45) is 0 Å². The fourth-order valence-electron chi connectivity index (χ4n) is 3.53. The van der Waals surface area contributed by atoms with Crippen molar-refractivity contribution in [2.75, 3.05) is 36.4 Å². The summed E-state index contributed by atoms with van der Waals surface area (Å²) < 4.78 is 0. The number of piperazine rings is 1. The van der Waals surface area contributed by atoms with Gasteiger partial charge in [0, 0.05) is 37.6 Å².